The van der Waals surface area contributed by atoms with Gasteiger partial charge < -0.3 is 14.0 Å². The van der Waals surface area contributed by atoms with Crippen molar-refractivity contribution in [3.63, 3.8) is 0 Å². The largest absolute Gasteiger partial charge is 0.496 e. The molecule has 2 aromatic carbocycles. The van der Waals surface area contributed by atoms with E-state index in [-0.39, 0.29) is 5.97 Å². The smallest absolute Gasteiger partial charge is 0.339 e. The number of carbonyl (C=O) groups excluding carboxylic acids is 1. The number of ether oxygens (including phenoxy) is 2. The number of rotatable bonds is 4. The molecular formula is C20H18BrNO3. The molecule has 25 heavy (non-hydrogen) atoms. The van der Waals surface area contributed by atoms with Gasteiger partial charge in [-0.2, -0.15) is 0 Å². The number of hydrogen-bond acceptors (Lipinski definition) is 3. The SMILES string of the molecule is COC(=O)c1cc(-c2ccccc2OC)n(-c2ccc(Br)cc2)c1C. The van der Waals surface area contributed by atoms with E-state index >= 15 is 0 Å². The summed E-state index contributed by atoms with van der Waals surface area (Å²) in [6.45, 7) is 1.91. The van der Waals surface area contributed by atoms with Gasteiger partial charge in [-0.1, -0.05) is 28.1 Å². The number of esters is 1. The number of halogens is 1. The molecule has 0 spiro atoms. The molecule has 0 aliphatic carbocycles. The average Bonchev–Trinajstić information content (AvgIpc) is 2.99. The van der Waals surface area contributed by atoms with E-state index in [1.807, 2.05) is 66.1 Å². The van der Waals surface area contributed by atoms with Gasteiger partial charge in [0.15, 0.2) is 0 Å². The zero-order chi connectivity index (χ0) is 18.0. The highest BCUT2D eigenvalue weighted by molar-refractivity contribution is 9.10. The van der Waals surface area contributed by atoms with Crippen molar-refractivity contribution in [2.45, 2.75) is 6.92 Å². The standard InChI is InChI=1S/C20H18BrNO3/c1-13-17(20(23)25-3)12-18(16-6-4-5-7-19(16)24-2)22(13)15-10-8-14(21)9-11-15/h4-12H,1-3H3. The minimum absolute atomic E-state index is 0.357. The maximum Gasteiger partial charge on any atom is 0.339 e. The lowest BCUT2D eigenvalue weighted by Crippen LogP contribution is -2.04. The summed E-state index contributed by atoms with van der Waals surface area (Å²) >= 11 is 3.46. The number of nitrogens with zero attached hydrogens (tertiary/aromatic N) is 1. The zero-order valence-electron chi connectivity index (χ0n) is 14.2. The molecular weight excluding hydrogens is 382 g/mol. The van der Waals surface area contributed by atoms with Gasteiger partial charge in [0, 0.05) is 21.4 Å². The molecule has 3 rings (SSSR count). The third kappa shape index (κ3) is 3.20. The Balaban J connectivity index is 2.30. The lowest BCUT2D eigenvalue weighted by atomic mass is 10.1. The minimum atomic E-state index is -0.357. The summed E-state index contributed by atoms with van der Waals surface area (Å²) in [5.41, 5.74) is 4.09. The Bertz CT molecular complexity index is 913. The predicted molar refractivity (Wildman–Crippen MR) is 102 cm³/mol. The maximum absolute atomic E-state index is 12.2. The van der Waals surface area contributed by atoms with Crippen LogP contribution in [0.15, 0.2) is 59.1 Å². The number of para-hydroxylation sites is 1. The van der Waals surface area contributed by atoms with E-state index in [2.05, 4.69) is 15.9 Å². The van der Waals surface area contributed by atoms with E-state index in [0.717, 1.165) is 32.9 Å². The number of aromatic nitrogens is 1. The van der Waals surface area contributed by atoms with Crippen LogP contribution in [0.1, 0.15) is 16.1 Å². The normalized spacial score (nSPS) is 10.6. The predicted octanol–water partition coefficient (Wildman–Crippen LogP) is 5.01. The molecule has 0 N–H and O–H groups in total. The van der Waals surface area contributed by atoms with Crippen LogP contribution in [0.4, 0.5) is 0 Å². The first-order chi connectivity index (χ1) is 12.1. The topological polar surface area (TPSA) is 40.5 Å². The van der Waals surface area contributed by atoms with Crippen LogP contribution < -0.4 is 4.74 Å². The second-order valence-corrected chi connectivity index (χ2v) is 6.45. The molecule has 5 heteroatoms. The quantitative estimate of drug-likeness (QED) is 0.578. The van der Waals surface area contributed by atoms with Crippen molar-refractivity contribution in [2.75, 3.05) is 14.2 Å². The lowest BCUT2D eigenvalue weighted by molar-refractivity contribution is 0.0600. The summed E-state index contributed by atoms with van der Waals surface area (Å²) in [4.78, 5) is 12.2. The van der Waals surface area contributed by atoms with E-state index in [0.29, 0.717) is 5.56 Å². The molecule has 1 heterocycles. The molecule has 0 radical (unpaired) electrons. The Morgan fingerprint density at radius 2 is 1.72 bits per heavy atom. The molecule has 1 aromatic heterocycles. The molecule has 0 atom stereocenters. The molecule has 4 nitrogen and oxygen atoms in total. The van der Waals surface area contributed by atoms with Crippen molar-refractivity contribution in [2.24, 2.45) is 0 Å². The molecule has 0 bridgehead atoms. The Morgan fingerprint density at radius 3 is 2.36 bits per heavy atom. The summed E-state index contributed by atoms with van der Waals surface area (Å²) in [7, 11) is 3.03. The Morgan fingerprint density at radius 1 is 1.04 bits per heavy atom. The second-order valence-electron chi connectivity index (χ2n) is 5.53. The van der Waals surface area contributed by atoms with Gasteiger partial charge in [-0.05, 0) is 49.4 Å². The zero-order valence-corrected chi connectivity index (χ0v) is 15.8. The van der Waals surface area contributed by atoms with E-state index in [9.17, 15) is 4.79 Å². The maximum atomic E-state index is 12.2. The number of carbonyl (C=O) groups is 1. The van der Waals surface area contributed by atoms with Crippen molar-refractivity contribution in [3.05, 3.63) is 70.3 Å². The highest BCUT2D eigenvalue weighted by atomic mass is 79.9. The highest BCUT2D eigenvalue weighted by Crippen LogP contribution is 2.35. The molecule has 0 aliphatic heterocycles. The number of methoxy groups -OCH3 is 2. The highest BCUT2D eigenvalue weighted by Gasteiger charge is 2.21. The van der Waals surface area contributed by atoms with Crippen LogP contribution in [0.5, 0.6) is 5.75 Å². The molecule has 0 saturated heterocycles. The van der Waals surface area contributed by atoms with Crippen molar-refractivity contribution in [3.8, 4) is 22.7 Å². The van der Waals surface area contributed by atoms with Gasteiger partial charge in [-0.3, -0.25) is 0 Å². The first kappa shape index (κ1) is 17.3. The number of benzene rings is 2. The molecule has 0 fully saturated rings. The lowest BCUT2D eigenvalue weighted by Gasteiger charge is -2.14. The van der Waals surface area contributed by atoms with Crippen LogP contribution >= 0.6 is 15.9 Å². The fourth-order valence-electron chi connectivity index (χ4n) is 2.90. The Labute approximate surface area is 155 Å². The summed E-state index contributed by atoms with van der Waals surface area (Å²) in [5, 5.41) is 0. The first-order valence-electron chi connectivity index (χ1n) is 7.76. The molecule has 0 unspecified atom stereocenters. The van der Waals surface area contributed by atoms with Crippen LogP contribution in [-0.2, 0) is 4.74 Å². The molecule has 0 aliphatic rings. The molecule has 0 amide bonds. The van der Waals surface area contributed by atoms with E-state index in [4.69, 9.17) is 9.47 Å². The van der Waals surface area contributed by atoms with Gasteiger partial charge in [0.05, 0.1) is 25.5 Å². The van der Waals surface area contributed by atoms with Gasteiger partial charge in [0.25, 0.3) is 0 Å². The molecule has 128 valence electrons. The average molecular weight is 400 g/mol. The Hall–Kier alpha value is -2.53. The van der Waals surface area contributed by atoms with E-state index in [1.165, 1.54) is 7.11 Å². The summed E-state index contributed by atoms with van der Waals surface area (Å²) < 4.78 is 13.5. The van der Waals surface area contributed by atoms with Crippen molar-refractivity contribution >= 4 is 21.9 Å². The van der Waals surface area contributed by atoms with Crippen molar-refractivity contribution in [1.82, 2.24) is 4.57 Å². The summed E-state index contributed by atoms with van der Waals surface area (Å²) in [6.07, 6.45) is 0. The molecule has 3 aromatic rings. The van der Waals surface area contributed by atoms with Crippen LogP contribution in [0.25, 0.3) is 16.9 Å². The third-order valence-corrected chi connectivity index (χ3v) is 4.65. The molecule has 0 saturated carbocycles. The Kier molecular flexibility index (Phi) is 4.95. The van der Waals surface area contributed by atoms with Crippen LogP contribution in [-0.4, -0.2) is 24.8 Å². The van der Waals surface area contributed by atoms with Crippen LogP contribution in [0, 0.1) is 6.92 Å². The fraction of sp³-hybridized carbons (Fsp3) is 0.150. The van der Waals surface area contributed by atoms with Crippen molar-refractivity contribution in [1.29, 1.82) is 0 Å². The van der Waals surface area contributed by atoms with Gasteiger partial charge in [0.2, 0.25) is 0 Å². The first-order valence-corrected chi connectivity index (χ1v) is 8.56. The monoisotopic (exact) mass is 399 g/mol. The van der Waals surface area contributed by atoms with Gasteiger partial charge in [-0.25, -0.2) is 4.79 Å². The summed E-state index contributed by atoms with van der Waals surface area (Å²) in [6, 6.07) is 17.5. The van der Waals surface area contributed by atoms with Crippen LogP contribution in [0.3, 0.4) is 0 Å². The minimum Gasteiger partial charge on any atom is -0.496 e. The number of hydrogen-bond donors (Lipinski definition) is 0. The van der Waals surface area contributed by atoms with Gasteiger partial charge in [0.1, 0.15) is 5.75 Å². The van der Waals surface area contributed by atoms with Crippen molar-refractivity contribution < 1.29 is 14.3 Å². The van der Waals surface area contributed by atoms with Gasteiger partial charge in [-0.15, -0.1) is 0 Å². The van der Waals surface area contributed by atoms with Gasteiger partial charge >= 0.3 is 5.97 Å². The third-order valence-electron chi connectivity index (χ3n) is 4.12. The fourth-order valence-corrected chi connectivity index (χ4v) is 3.17. The summed E-state index contributed by atoms with van der Waals surface area (Å²) in [5.74, 6) is 0.388. The second kappa shape index (κ2) is 7.15. The van der Waals surface area contributed by atoms with E-state index < -0.39 is 0 Å². The van der Waals surface area contributed by atoms with Crippen LogP contribution in [0.2, 0.25) is 0 Å². The van der Waals surface area contributed by atoms with E-state index in [1.54, 1.807) is 7.11 Å².